The number of likely N-dealkylation sites (tertiary alicyclic amines) is 1. The van der Waals surface area contributed by atoms with Crippen molar-refractivity contribution in [3.05, 3.63) is 78.0 Å². The number of anilines is 1. The Balaban J connectivity index is 1.38. The highest BCUT2D eigenvalue weighted by Crippen LogP contribution is 2.24. The van der Waals surface area contributed by atoms with Crippen molar-refractivity contribution in [2.24, 2.45) is 5.92 Å². The molecule has 0 aliphatic carbocycles. The van der Waals surface area contributed by atoms with E-state index in [0.29, 0.717) is 23.0 Å². The van der Waals surface area contributed by atoms with Gasteiger partial charge in [0.05, 0.1) is 23.5 Å². The number of carbonyl (C=O) groups is 1. The van der Waals surface area contributed by atoms with Gasteiger partial charge in [-0.05, 0) is 60.9 Å². The van der Waals surface area contributed by atoms with Crippen LogP contribution < -0.4 is 5.73 Å². The molecule has 0 radical (unpaired) electrons. The van der Waals surface area contributed by atoms with Crippen LogP contribution in [-0.4, -0.2) is 33.9 Å². The lowest BCUT2D eigenvalue weighted by molar-refractivity contribution is -0.136. The Morgan fingerprint density at radius 3 is 2.61 bits per heavy atom. The largest absolute Gasteiger partial charge is 0.397 e. The lowest BCUT2D eigenvalue weighted by Gasteiger charge is -2.39. The molecule has 3 heterocycles. The van der Waals surface area contributed by atoms with Gasteiger partial charge >= 0.3 is 0 Å². The average Bonchev–Trinajstić information content (AvgIpc) is 2.67. The summed E-state index contributed by atoms with van der Waals surface area (Å²) in [5, 5.41) is 0. The van der Waals surface area contributed by atoms with E-state index in [1.165, 1.54) is 12.1 Å². The highest BCUT2D eigenvalue weighted by atomic mass is 19.1. The monoisotopic (exact) mass is 376 g/mol. The molecule has 0 spiro atoms. The van der Waals surface area contributed by atoms with E-state index in [2.05, 4.69) is 9.97 Å². The summed E-state index contributed by atoms with van der Waals surface area (Å²) >= 11 is 0. The van der Waals surface area contributed by atoms with E-state index in [0.717, 1.165) is 30.8 Å². The fourth-order valence-electron chi connectivity index (χ4n) is 3.41. The van der Waals surface area contributed by atoms with Gasteiger partial charge in [0.15, 0.2) is 0 Å². The molecule has 2 N–H and O–H groups in total. The summed E-state index contributed by atoms with van der Waals surface area (Å²) in [5.74, 6) is 0.162. The number of amides is 1. The predicted molar refractivity (Wildman–Crippen MR) is 106 cm³/mol. The molecule has 1 fully saturated rings. The minimum absolute atomic E-state index is 0.0210. The van der Waals surface area contributed by atoms with E-state index in [-0.39, 0.29) is 18.1 Å². The van der Waals surface area contributed by atoms with E-state index in [1.807, 2.05) is 23.1 Å². The number of hydrogen-bond donors (Lipinski definition) is 1. The Morgan fingerprint density at radius 2 is 1.89 bits per heavy atom. The van der Waals surface area contributed by atoms with E-state index in [9.17, 15) is 9.18 Å². The normalized spacial score (nSPS) is 14.0. The number of benzene rings is 1. The second-order valence-electron chi connectivity index (χ2n) is 7.11. The lowest BCUT2D eigenvalue weighted by atomic mass is 9.94. The van der Waals surface area contributed by atoms with E-state index >= 15 is 0 Å². The third-order valence-corrected chi connectivity index (χ3v) is 5.00. The highest BCUT2D eigenvalue weighted by molar-refractivity contribution is 5.81. The summed E-state index contributed by atoms with van der Waals surface area (Å²) < 4.78 is 13.1. The van der Waals surface area contributed by atoms with Gasteiger partial charge in [-0.2, -0.15) is 0 Å². The molecular weight excluding hydrogens is 355 g/mol. The predicted octanol–water partition coefficient (Wildman–Crippen LogP) is 3.11. The van der Waals surface area contributed by atoms with Crippen LogP contribution in [-0.2, 0) is 17.6 Å². The molecule has 5 nitrogen and oxygen atoms in total. The fourth-order valence-corrected chi connectivity index (χ4v) is 3.41. The molecule has 4 rings (SSSR count). The summed E-state index contributed by atoms with van der Waals surface area (Å²) in [6.07, 6.45) is 2.84. The maximum Gasteiger partial charge on any atom is 0.228 e. The van der Waals surface area contributed by atoms with Crippen LogP contribution in [0.25, 0.3) is 11.3 Å². The summed E-state index contributed by atoms with van der Waals surface area (Å²) in [6, 6.07) is 15.5. The topological polar surface area (TPSA) is 72.1 Å². The lowest BCUT2D eigenvalue weighted by Crippen LogP contribution is -2.51. The smallest absolute Gasteiger partial charge is 0.228 e. The zero-order valence-corrected chi connectivity index (χ0v) is 15.4. The molecule has 3 aromatic rings. The average molecular weight is 376 g/mol. The third-order valence-electron chi connectivity index (χ3n) is 5.00. The Labute approximate surface area is 163 Å². The van der Waals surface area contributed by atoms with Crippen molar-refractivity contribution in [3.63, 3.8) is 0 Å². The minimum Gasteiger partial charge on any atom is -0.397 e. The van der Waals surface area contributed by atoms with Crippen molar-refractivity contribution in [3.8, 4) is 11.3 Å². The van der Waals surface area contributed by atoms with Crippen molar-refractivity contribution in [1.29, 1.82) is 0 Å². The number of carbonyl (C=O) groups excluding carboxylic acids is 1. The van der Waals surface area contributed by atoms with Crippen LogP contribution >= 0.6 is 0 Å². The van der Waals surface area contributed by atoms with E-state index < -0.39 is 0 Å². The zero-order valence-electron chi connectivity index (χ0n) is 15.4. The number of nitrogens with zero attached hydrogens (tertiary/aromatic N) is 3. The summed E-state index contributed by atoms with van der Waals surface area (Å²) in [6.45, 7) is 1.46. The molecule has 28 heavy (non-hydrogen) atoms. The van der Waals surface area contributed by atoms with Crippen LogP contribution in [0.5, 0.6) is 0 Å². The van der Waals surface area contributed by atoms with Gasteiger partial charge in [0.2, 0.25) is 5.91 Å². The Kier molecular flexibility index (Phi) is 5.02. The number of pyridine rings is 2. The van der Waals surface area contributed by atoms with Crippen LogP contribution in [0.2, 0.25) is 0 Å². The molecule has 1 aliphatic heterocycles. The Morgan fingerprint density at radius 1 is 1.11 bits per heavy atom. The molecule has 0 unspecified atom stereocenters. The molecule has 2 aromatic heterocycles. The quantitative estimate of drug-likeness (QED) is 0.743. The molecular formula is C22H21FN4O. The number of nitrogens with two attached hydrogens (primary N) is 1. The van der Waals surface area contributed by atoms with Crippen molar-refractivity contribution in [2.75, 3.05) is 18.8 Å². The number of nitrogen functional groups attached to an aromatic ring is 1. The van der Waals surface area contributed by atoms with Crippen molar-refractivity contribution in [1.82, 2.24) is 14.9 Å². The van der Waals surface area contributed by atoms with Gasteiger partial charge < -0.3 is 10.6 Å². The Hall–Kier alpha value is -3.28. The molecule has 1 amide bonds. The molecule has 0 atom stereocenters. The SMILES string of the molecule is Nc1ccc(-c2ccc(F)cc2)nc1CC(=O)N1CC(Cc2ccccn2)C1. The minimum atomic E-state index is -0.298. The number of rotatable bonds is 5. The zero-order chi connectivity index (χ0) is 19.5. The van der Waals surface area contributed by atoms with Gasteiger partial charge in [0, 0.05) is 30.5 Å². The standard InChI is InChI=1S/C22H21FN4O/c23-17-6-4-16(5-7-17)20-9-8-19(24)21(26-20)12-22(28)27-13-15(14-27)11-18-3-1-2-10-25-18/h1-10,15H,11-14,24H2. The molecule has 1 aromatic carbocycles. The van der Waals surface area contributed by atoms with Crippen molar-refractivity contribution < 1.29 is 9.18 Å². The Bertz CT molecular complexity index is 970. The van der Waals surface area contributed by atoms with Crippen molar-refractivity contribution >= 4 is 11.6 Å². The van der Waals surface area contributed by atoms with Gasteiger partial charge in [0.1, 0.15) is 5.82 Å². The van der Waals surface area contributed by atoms with Gasteiger partial charge in [0.25, 0.3) is 0 Å². The molecule has 0 saturated carbocycles. The molecule has 6 heteroatoms. The molecule has 0 bridgehead atoms. The summed E-state index contributed by atoms with van der Waals surface area (Å²) in [7, 11) is 0. The van der Waals surface area contributed by atoms with Gasteiger partial charge in [-0.15, -0.1) is 0 Å². The first-order chi connectivity index (χ1) is 13.6. The summed E-state index contributed by atoms with van der Waals surface area (Å²) in [5.41, 5.74) is 9.59. The first-order valence-corrected chi connectivity index (χ1v) is 9.27. The maximum atomic E-state index is 13.1. The van der Waals surface area contributed by atoms with Crippen LogP contribution in [0, 0.1) is 11.7 Å². The maximum absolute atomic E-state index is 13.1. The second kappa shape index (κ2) is 7.76. The third kappa shape index (κ3) is 4.01. The molecule has 1 saturated heterocycles. The van der Waals surface area contributed by atoms with Crippen LogP contribution in [0.1, 0.15) is 11.4 Å². The second-order valence-corrected chi connectivity index (χ2v) is 7.11. The van der Waals surface area contributed by atoms with Gasteiger partial charge in [-0.3, -0.25) is 14.8 Å². The van der Waals surface area contributed by atoms with Gasteiger partial charge in [-0.1, -0.05) is 6.07 Å². The fraction of sp³-hybridized carbons (Fsp3) is 0.227. The van der Waals surface area contributed by atoms with Crippen molar-refractivity contribution in [2.45, 2.75) is 12.8 Å². The number of halogens is 1. The highest BCUT2D eigenvalue weighted by Gasteiger charge is 2.31. The first kappa shape index (κ1) is 18.1. The van der Waals surface area contributed by atoms with Crippen LogP contribution in [0.15, 0.2) is 60.8 Å². The molecule has 1 aliphatic rings. The molecule has 142 valence electrons. The number of hydrogen-bond acceptors (Lipinski definition) is 4. The van der Waals surface area contributed by atoms with Crippen LogP contribution in [0.4, 0.5) is 10.1 Å². The van der Waals surface area contributed by atoms with E-state index in [1.54, 1.807) is 30.5 Å². The van der Waals surface area contributed by atoms with Gasteiger partial charge in [-0.25, -0.2) is 4.39 Å². The summed E-state index contributed by atoms with van der Waals surface area (Å²) in [4.78, 5) is 23.3. The van der Waals surface area contributed by atoms with Crippen LogP contribution in [0.3, 0.4) is 0 Å². The number of aromatic nitrogens is 2. The first-order valence-electron chi connectivity index (χ1n) is 9.27. The van der Waals surface area contributed by atoms with E-state index in [4.69, 9.17) is 5.73 Å².